The first kappa shape index (κ1) is 12.3. The minimum atomic E-state index is -0.351. The van der Waals surface area contributed by atoms with Crippen molar-refractivity contribution in [3.8, 4) is 17.0 Å². The molecule has 5 nitrogen and oxygen atoms in total. The van der Waals surface area contributed by atoms with Gasteiger partial charge in [0.1, 0.15) is 17.7 Å². The number of ether oxygens (including phenoxy) is 1. The summed E-state index contributed by atoms with van der Waals surface area (Å²) in [5, 5.41) is 0.926. The Morgan fingerprint density at radius 2 is 2.00 bits per heavy atom. The molecule has 20 heavy (non-hydrogen) atoms. The summed E-state index contributed by atoms with van der Waals surface area (Å²) in [7, 11) is 1.93. The van der Waals surface area contributed by atoms with Crippen LogP contribution in [0.5, 0.6) is 5.75 Å². The number of hydrogen-bond donors (Lipinski definition) is 0. The molecule has 2 aromatic heterocycles. The summed E-state index contributed by atoms with van der Waals surface area (Å²) in [4.78, 5) is 19.8. The highest BCUT2D eigenvalue weighted by Gasteiger charge is 2.13. The fourth-order valence-corrected chi connectivity index (χ4v) is 2.20. The molecule has 3 aromatic rings. The number of aryl methyl sites for hydroxylation is 1. The van der Waals surface area contributed by atoms with Gasteiger partial charge < -0.3 is 9.30 Å². The largest absolute Gasteiger partial charge is 0.426 e. The van der Waals surface area contributed by atoms with Gasteiger partial charge >= 0.3 is 5.97 Å². The maximum Gasteiger partial charge on any atom is 0.308 e. The molecule has 1 aromatic carbocycles. The Kier molecular flexibility index (Phi) is 2.95. The van der Waals surface area contributed by atoms with Crippen molar-refractivity contribution in [1.82, 2.24) is 14.5 Å². The molecule has 0 unspecified atom stereocenters. The molecule has 0 amide bonds. The van der Waals surface area contributed by atoms with Gasteiger partial charge in [-0.1, -0.05) is 12.1 Å². The predicted molar refractivity (Wildman–Crippen MR) is 75.3 cm³/mol. The average molecular weight is 267 g/mol. The Labute approximate surface area is 115 Å². The molecule has 5 heteroatoms. The number of para-hydroxylation sites is 1. The summed E-state index contributed by atoms with van der Waals surface area (Å²) >= 11 is 0. The maximum atomic E-state index is 11.2. The Balaban J connectivity index is 2.23. The van der Waals surface area contributed by atoms with Crippen LogP contribution in [0.3, 0.4) is 0 Å². The second-order valence-corrected chi connectivity index (χ2v) is 4.48. The number of rotatable bonds is 2. The molecule has 0 aliphatic rings. The molecule has 0 N–H and O–H groups in total. The van der Waals surface area contributed by atoms with Gasteiger partial charge in [-0.15, -0.1) is 0 Å². The number of esters is 1. The fourth-order valence-electron chi connectivity index (χ4n) is 2.20. The molecular formula is C15H13N3O2. The lowest BCUT2D eigenvalue weighted by Crippen LogP contribution is -2.03. The molecule has 0 atom stereocenters. The Bertz CT molecular complexity index is 793. The normalized spacial score (nSPS) is 10.7. The Hall–Kier alpha value is -2.69. The standard InChI is InChI=1S/C15H13N3O2/c1-10(19)20-13-6-4-3-5-11(13)14-12-7-8-18(2)15(12)17-9-16-14/h3-9H,1-2H3. The van der Waals surface area contributed by atoms with Crippen molar-refractivity contribution in [3.05, 3.63) is 42.9 Å². The van der Waals surface area contributed by atoms with Gasteiger partial charge in [0.25, 0.3) is 0 Å². The van der Waals surface area contributed by atoms with Crippen LogP contribution in [0.4, 0.5) is 0 Å². The summed E-state index contributed by atoms with van der Waals surface area (Å²) in [6, 6.07) is 9.31. The van der Waals surface area contributed by atoms with Crippen molar-refractivity contribution in [2.45, 2.75) is 6.92 Å². The Morgan fingerprint density at radius 3 is 2.80 bits per heavy atom. The molecule has 0 aliphatic heterocycles. The predicted octanol–water partition coefficient (Wildman–Crippen LogP) is 2.56. The van der Waals surface area contributed by atoms with E-state index in [2.05, 4.69) is 9.97 Å². The Morgan fingerprint density at radius 1 is 1.20 bits per heavy atom. The summed E-state index contributed by atoms with van der Waals surface area (Å²) in [6.45, 7) is 1.38. The van der Waals surface area contributed by atoms with E-state index in [4.69, 9.17) is 4.74 Å². The monoisotopic (exact) mass is 267 g/mol. The van der Waals surface area contributed by atoms with Crippen molar-refractivity contribution in [2.24, 2.45) is 7.05 Å². The van der Waals surface area contributed by atoms with E-state index in [1.165, 1.54) is 13.3 Å². The fraction of sp³-hybridized carbons (Fsp3) is 0.133. The van der Waals surface area contributed by atoms with Crippen LogP contribution in [0.25, 0.3) is 22.3 Å². The van der Waals surface area contributed by atoms with Crippen molar-refractivity contribution in [3.63, 3.8) is 0 Å². The first-order valence-corrected chi connectivity index (χ1v) is 6.20. The van der Waals surface area contributed by atoms with Crippen LogP contribution in [-0.2, 0) is 11.8 Å². The van der Waals surface area contributed by atoms with E-state index < -0.39 is 0 Å². The van der Waals surface area contributed by atoms with Crippen LogP contribution in [0.2, 0.25) is 0 Å². The van der Waals surface area contributed by atoms with Gasteiger partial charge in [-0.25, -0.2) is 9.97 Å². The number of carbonyl (C=O) groups is 1. The van der Waals surface area contributed by atoms with Crippen LogP contribution in [0, 0.1) is 0 Å². The molecule has 0 saturated heterocycles. The third kappa shape index (κ3) is 2.03. The first-order chi connectivity index (χ1) is 9.66. The minimum absolute atomic E-state index is 0.351. The van der Waals surface area contributed by atoms with E-state index >= 15 is 0 Å². The summed E-state index contributed by atoms with van der Waals surface area (Å²) in [5.41, 5.74) is 2.38. The SMILES string of the molecule is CC(=O)Oc1ccccc1-c1ncnc2c1ccn2C. The van der Waals surface area contributed by atoms with Gasteiger partial charge in [-0.2, -0.15) is 0 Å². The molecule has 0 spiro atoms. The first-order valence-electron chi connectivity index (χ1n) is 6.20. The van der Waals surface area contributed by atoms with Crippen LogP contribution in [0.1, 0.15) is 6.92 Å². The molecule has 0 aliphatic carbocycles. The third-order valence-electron chi connectivity index (χ3n) is 3.06. The smallest absolute Gasteiger partial charge is 0.308 e. The zero-order valence-corrected chi connectivity index (χ0v) is 11.2. The molecule has 2 heterocycles. The zero-order valence-electron chi connectivity index (χ0n) is 11.2. The van der Waals surface area contributed by atoms with Crippen LogP contribution in [-0.4, -0.2) is 20.5 Å². The minimum Gasteiger partial charge on any atom is -0.426 e. The van der Waals surface area contributed by atoms with Crippen LogP contribution >= 0.6 is 0 Å². The topological polar surface area (TPSA) is 57.0 Å². The van der Waals surface area contributed by atoms with Crippen molar-refractivity contribution in [2.75, 3.05) is 0 Å². The van der Waals surface area contributed by atoms with E-state index in [1.807, 2.05) is 42.1 Å². The highest BCUT2D eigenvalue weighted by molar-refractivity contribution is 5.93. The second kappa shape index (κ2) is 4.77. The lowest BCUT2D eigenvalue weighted by molar-refractivity contribution is -0.131. The van der Waals surface area contributed by atoms with Gasteiger partial charge in [0.05, 0.1) is 5.69 Å². The van der Waals surface area contributed by atoms with E-state index in [0.717, 1.165) is 22.3 Å². The second-order valence-electron chi connectivity index (χ2n) is 4.48. The molecule has 100 valence electrons. The number of nitrogens with zero attached hydrogens (tertiary/aromatic N) is 3. The molecule has 0 radical (unpaired) electrons. The summed E-state index contributed by atoms with van der Waals surface area (Å²) < 4.78 is 7.17. The molecule has 0 bridgehead atoms. The lowest BCUT2D eigenvalue weighted by Gasteiger charge is -2.09. The third-order valence-corrected chi connectivity index (χ3v) is 3.06. The summed E-state index contributed by atoms with van der Waals surface area (Å²) in [6.07, 6.45) is 3.44. The number of aromatic nitrogens is 3. The van der Waals surface area contributed by atoms with Crippen molar-refractivity contribution < 1.29 is 9.53 Å². The van der Waals surface area contributed by atoms with Crippen LogP contribution in [0.15, 0.2) is 42.9 Å². The highest BCUT2D eigenvalue weighted by Crippen LogP contribution is 2.32. The van der Waals surface area contributed by atoms with Crippen molar-refractivity contribution >= 4 is 17.0 Å². The zero-order chi connectivity index (χ0) is 14.1. The quantitative estimate of drug-likeness (QED) is 0.529. The summed E-state index contributed by atoms with van der Waals surface area (Å²) in [5.74, 6) is 0.152. The van der Waals surface area contributed by atoms with Gasteiger partial charge in [0.15, 0.2) is 0 Å². The number of hydrogen-bond acceptors (Lipinski definition) is 4. The highest BCUT2D eigenvalue weighted by atomic mass is 16.5. The molecule has 3 rings (SSSR count). The average Bonchev–Trinajstić information content (AvgIpc) is 2.81. The maximum absolute atomic E-state index is 11.2. The number of fused-ring (bicyclic) bond motifs is 1. The molecular weight excluding hydrogens is 254 g/mol. The van der Waals surface area contributed by atoms with Crippen LogP contribution < -0.4 is 4.74 Å². The number of benzene rings is 1. The van der Waals surface area contributed by atoms with Gasteiger partial charge in [-0.05, 0) is 18.2 Å². The molecule has 0 fully saturated rings. The lowest BCUT2D eigenvalue weighted by atomic mass is 10.1. The van der Waals surface area contributed by atoms with E-state index in [0.29, 0.717) is 5.75 Å². The van der Waals surface area contributed by atoms with Crippen molar-refractivity contribution in [1.29, 1.82) is 0 Å². The van der Waals surface area contributed by atoms with Gasteiger partial charge in [0.2, 0.25) is 0 Å². The van der Waals surface area contributed by atoms with E-state index in [1.54, 1.807) is 6.07 Å². The number of carbonyl (C=O) groups excluding carboxylic acids is 1. The van der Waals surface area contributed by atoms with Gasteiger partial charge in [-0.3, -0.25) is 4.79 Å². The van der Waals surface area contributed by atoms with E-state index in [-0.39, 0.29) is 5.97 Å². The van der Waals surface area contributed by atoms with E-state index in [9.17, 15) is 4.79 Å². The molecule has 0 saturated carbocycles. The van der Waals surface area contributed by atoms with Gasteiger partial charge in [0, 0.05) is 31.1 Å².